The number of piperazine rings is 1. The number of aliphatic carboxylic acids is 2. The summed E-state index contributed by atoms with van der Waals surface area (Å²) in [4.78, 5) is 31.9. The van der Waals surface area contributed by atoms with Gasteiger partial charge < -0.3 is 14.8 Å². The predicted octanol–water partition coefficient (Wildman–Crippen LogP) is 2.06. The molecule has 30 heavy (non-hydrogen) atoms. The molecule has 156 valence electrons. The van der Waals surface area contributed by atoms with E-state index in [-0.39, 0.29) is 6.54 Å². The quantitative estimate of drug-likeness (QED) is 0.617. The zero-order chi connectivity index (χ0) is 21.1. The molecule has 4 rings (SSSR count). The van der Waals surface area contributed by atoms with Gasteiger partial charge in [0.25, 0.3) is 0 Å². The normalized spacial score (nSPS) is 16.5. The number of rotatable bonds is 7. The van der Waals surface area contributed by atoms with Crippen LogP contribution >= 0.6 is 0 Å². The first-order valence-electron chi connectivity index (χ1n) is 9.90. The molecule has 2 N–H and O–H groups in total. The second kappa shape index (κ2) is 8.64. The van der Waals surface area contributed by atoms with Gasteiger partial charge in [-0.05, 0) is 17.7 Å². The fourth-order valence-corrected chi connectivity index (χ4v) is 4.19. The van der Waals surface area contributed by atoms with Gasteiger partial charge in [-0.25, -0.2) is 0 Å². The van der Waals surface area contributed by atoms with Crippen LogP contribution in [0.3, 0.4) is 0 Å². The topological polar surface area (TPSA) is 98.9 Å². The van der Waals surface area contributed by atoms with Crippen molar-refractivity contribution in [3.05, 3.63) is 66.1 Å². The van der Waals surface area contributed by atoms with Crippen LogP contribution in [0.1, 0.15) is 17.2 Å². The van der Waals surface area contributed by atoms with Crippen molar-refractivity contribution in [3.63, 3.8) is 0 Å². The maximum atomic E-state index is 12.3. The first-order valence-corrected chi connectivity index (χ1v) is 9.90. The average molecular weight is 408 g/mol. The van der Waals surface area contributed by atoms with E-state index in [0.717, 1.165) is 36.1 Å². The Bertz CT molecular complexity index is 1040. The zero-order valence-corrected chi connectivity index (χ0v) is 16.5. The summed E-state index contributed by atoms with van der Waals surface area (Å²) in [5.41, 5.74) is 2.51. The van der Waals surface area contributed by atoms with Gasteiger partial charge in [0, 0.05) is 67.8 Å². The number of fused-ring (bicyclic) bond motifs is 1. The van der Waals surface area contributed by atoms with E-state index in [1.807, 2.05) is 47.5 Å². The van der Waals surface area contributed by atoms with E-state index in [4.69, 9.17) is 0 Å². The Morgan fingerprint density at radius 1 is 1.03 bits per heavy atom. The Hall–Kier alpha value is -3.23. The molecule has 8 heteroatoms. The third-order valence-corrected chi connectivity index (χ3v) is 5.55. The zero-order valence-electron chi connectivity index (χ0n) is 16.5. The average Bonchev–Trinajstić information content (AvgIpc) is 3.08. The molecule has 0 bridgehead atoms. The number of carboxylic acid groups (broad SMARTS) is 2. The van der Waals surface area contributed by atoms with Crippen LogP contribution in [0.5, 0.6) is 0 Å². The van der Waals surface area contributed by atoms with Gasteiger partial charge in [0.15, 0.2) is 0 Å². The van der Waals surface area contributed by atoms with E-state index in [2.05, 4.69) is 9.88 Å². The third-order valence-electron chi connectivity index (χ3n) is 5.55. The number of pyridine rings is 1. The van der Waals surface area contributed by atoms with Gasteiger partial charge in [-0.3, -0.25) is 24.4 Å². The maximum absolute atomic E-state index is 12.3. The molecule has 1 aliphatic heterocycles. The SMILES string of the molecule is O=C(O)Cn1cc([C@@H](C(=O)O)N2CCN(Cc3cccnc3)CC2)c2ccccc21. The van der Waals surface area contributed by atoms with Crippen molar-refractivity contribution in [1.29, 1.82) is 0 Å². The molecule has 3 heterocycles. The molecule has 0 unspecified atom stereocenters. The molecule has 0 amide bonds. The lowest BCUT2D eigenvalue weighted by molar-refractivity contribution is -0.144. The lowest BCUT2D eigenvalue weighted by Gasteiger charge is -2.37. The smallest absolute Gasteiger partial charge is 0.325 e. The van der Waals surface area contributed by atoms with Crippen LogP contribution in [0.4, 0.5) is 0 Å². The first-order chi connectivity index (χ1) is 14.5. The highest BCUT2D eigenvalue weighted by molar-refractivity contribution is 5.90. The summed E-state index contributed by atoms with van der Waals surface area (Å²) in [7, 11) is 0. The van der Waals surface area contributed by atoms with Gasteiger partial charge in [-0.15, -0.1) is 0 Å². The van der Waals surface area contributed by atoms with E-state index in [9.17, 15) is 19.8 Å². The minimum Gasteiger partial charge on any atom is -0.480 e. The van der Waals surface area contributed by atoms with Gasteiger partial charge in [0.1, 0.15) is 12.6 Å². The minimum absolute atomic E-state index is 0.203. The van der Waals surface area contributed by atoms with Crippen LogP contribution < -0.4 is 0 Å². The van der Waals surface area contributed by atoms with Gasteiger partial charge in [-0.1, -0.05) is 24.3 Å². The Morgan fingerprint density at radius 3 is 2.47 bits per heavy atom. The number of nitrogens with zero attached hydrogens (tertiary/aromatic N) is 4. The maximum Gasteiger partial charge on any atom is 0.325 e. The van der Waals surface area contributed by atoms with E-state index in [0.29, 0.717) is 18.7 Å². The number of carbonyl (C=O) groups is 2. The Kier molecular flexibility index (Phi) is 5.78. The van der Waals surface area contributed by atoms with Gasteiger partial charge in [-0.2, -0.15) is 0 Å². The molecule has 0 radical (unpaired) electrons. The Labute approximate surface area is 174 Å². The molecule has 1 fully saturated rings. The van der Waals surface area contributed by atoms with E-state index < -0.39 is 18.0 Å². The summed E-state index contributed by atoms with van der Waals surface area (Å²) >= 11 is 0. The van der Waals surface area contributed by atoms with Gasteiger partial charge >= 0.3 is 11.9 Å². The van der Waals surface area contributed by atoms with E-state index >= 15 is 0 Å². The number of hydrogen-bond donors (Lipinski definition) is 2. The van der Waals surface area contributed by atoms with Crippen LogP contribution in [0, 0.1) is 0 Å². The number of hydrogen-bond acceptors (Lipinski definition) is 5. The van der Waals surface area contributed by atoms with Gasteiger partial charge in [0.2, 0.25) is 0 Å². The number of para-hydroxylation sites is 1. The van der Waals surface area contributed by atoms with E-state index in [1.54, 1.807) is 17.0 Å². The number of carboxylic acids is 2. The van der Waals surface area contributed by atoms with Crippen LogP contribution in [0.2, 0.25) is 0 Å². The van der Waals surface area contributed by atoms with Crippen molar-refractivity contribution in [2.75, 3.05) is 26.2 Å². The van der Waals surface area contributed by atoms with Crippen molar-refractivity contribution in [2.24, 2.45) is 0 Å². The van der Waals surface area contributed by atoms with Crippen molar-refractivity contribution in [3.8, 4) is 0 Å². The Balaban J connectivity index is 1.55. The predicted molar refractivity (Wildman–Crippen MR) is 111 cm³/mol. The molecule has 3 aromatic rings. The highest BCUT2D eigenvalue weighted by atomic mass is 16.4. The van der Waals surface area contributed by atoms with Crippen LogP contribution in [-0.2, 0) is 22.7 Å². The second-order valence-electron chi connectivity index (χ2n) is 7.54. The molecule has 0 aliphatic carbocycles. The molecule has 2 aromatic heterocycles. The lowest BCUT2D eigenvalue weighted by atomic mass is 10.0. The summed E-state index contributed by atoms with van der Waals surface area (Å²) in [5, 5.41) is 20.0. The molecule has 1 saturated heterocycles. The summed E-state index contributed by atoms with van der Waals surface area (Å²) in [6, 6.07) is 10.5. The van der Waals surface area contributed by atoms with Crippen molar-refractivity contribution < 1.29 is 19.8 Å². The van der Waals surface area contributed by atoms with Gasteiger partial charge in [0.05, 0.1) is 0 Å². The monoisotopic (exact) mass is 408 g/mol. The standard InChI is InChI=1S/C22H24N4O4/c27-20(28)15-26-14-18(17-5-1-2-6-19(17)26)21(22(29)30)25-10-8-24(9-11-25)13-16-4-3-7-23-12-16/h1-7,12,14,21H,8-11,13,15H2,(H,27,28)(H,29,30)/t21-/m0/s1. The summed E-state index contributed by atoms with van der Waals surface area (Å²) in [5.74, 6) is -1.88. The van der Waals surface area contributed by atoms with Crippen molar-refractivity contribution >= 4 is 22.8 Å². The lowest BCUT2D eigenvalue weighted by Crippen LogP contribution is -2.48. The number of benzene rings is 1. The minimum atomic E-state index is -0.960. The second-order valence-corrected chi connectivity index (χ2v) is 7.54. The summed E-state index contributed by atoms with van der Waals surface area (Å²) in [6.07, 6.45) is 5.28. The highest BCUT2D eigenvalue weighted by Crippen LogP contribution is 2.31. The molecule has 1 aliphatic rings. The van der Waals surface area contributed by atoms with Crippen LogP contribution in [-0.4, -0.2) is 67.7 Å². The van der Waals surface area contributed by atoms with Crippen molar-refractivity contribution in [2.45, 2.75) is 19.1 Å². The van der Waals surface area contributed by atoms with Crippen molar-refractivity contribution in [1.82, 2.24) is 19.4 Å². The summed E-state index contributed by atoms with van der Waals surface area (Å²) in [6.45, 7) is 3.34. The molecular weight excluding hydrogens is 384 g/mol. The molecule has 0 spiro atoms. The molecular formula is C22H24N4O4. The van der Waals surface area contributed by atoms with E-state index in [1.165, 1.54) is 0 Å². The fourth-order valence-electron chi connectivity index (χ4n) is 4.19. The molecule has 1 atom stereocenters. The highest BCUT2D eigenvalue weighted by Gasteiger charge is 2.32. The van der Waals surface area contributed by atoms with Crippen LogP contribution in [0.25, 0.3) is 10.9 Å². The fraction of sp³-hybridized carbons (Fsp3) is 0.318. The molecule has 8 nitrogen and oxygen atoms in total. The number of aromatic nitrogens is 2. The first kappa shape index (κ1) is 20.1. The third kappa shape index (κ3) is 4.19. The molecule has 1 aromatic carbocycles. The van der Waals surface area contributed by atoms with Crippen LogP contribution in [0.15, 0.2) is 55.0 Å². The summed E-state index contributed by atoms with van der Waals surface area (Å²) < 4.78 is 1.61. The largest absolute Gasteiger partial charge is 0.480 e. The molecule has 0 saturated carbocycles. The Morgan fingerprint density at radius 2 is 1.80 bits per heavy atom.